The summed E-state index contributed by atoms with van der Waals surface area (Å²) >= 11 is 0. The van der Waals surface area contributed by atoms with Crippen molar-refractivity contribution in [1.82, 2.24) is 0 Å². The quantitative estimate of drug-likeness (QED) is 0.0262. The van der Waals surface area contributed by atoms with E-state index in [1.807, 2.05) is 166 Å². The summed E-state index contributed by atoms with van der Waals surface area (Å²) < 4.78 is 0. The van der Waals surface area contributed by atoms with Gasteiger partial charge in [-0.05, 0) is 240 Å². The van der Waals surface area contributed by atoms with E-state index in [2.05, 4.69) is 142 Å². The number of nitrogens with zero attached hydrogens (tertiary/aromatic N) is 9. The third kappa shape index (κ3) is 82.6. The fraction of sp³-hybridized carbons (Fsp3) is 0.903. The molecule has 711 valence electrons. The third-order valence-corrected chi connectivity index (χ3v) is 20.7. The molecule has 0 aromatic carbocycles. The van der Waals surface area contributed by atoms with Crippen LogP contribution in [0.15, 0.2) is 44.9 Å². The van der Waals surface area contributed by atoms with Crippen LogP contribution in [0.3, 0.4) is 0 Å². The van der Waals surface area contributed by atoms with Crippen molar-refractivity contribution in [3.05, 3.63) is 0 Å². The van der Waals surface area contributed by atoms with E-state index in [1.54, 1.807) is 28.1 Å². The molecule has 120 heavy (non-hydrogen) atoms. The van der Waals surface area contributed by atoms with Gasteiger partial charge >= 0.3 is 0 Å². The average molecular weight is 2890 g/mol. The molecule has 18 nitrogen and oxygen atoms in total. The Morgan fingerprint density at radius 1 is 0.217 bits per heavy atom. The van der Waals surface area contributed by atoms with Crippen molar-refractivity contribution in [1.29, 1.82) is 0 Å². The predicted octanol–water partition coefficient (Wildman–Crippen LogP) is 22.4. The number of hydrogen-bond donors (Lipinski definition) is 9. The molecule has 0 fully saturated rings. The molecule has 0 aromatic rings. The Morgan fingerprint density at radius 2 is 0.400 bits per heavy atom. The topological polar surface area (TPSA) is 293 Å². The van der Waals surface area contributed by atoms with Gasteiger partial charge in [0.05, 0.1) is 16.8 Å². The molecular weight excluding hydrogens is 2690 g/mol. The van der Waals surface area contributed by atoms with Gasteiger partial charge in [-0.15, -0.1) is 0 Å². The van der Waals surface area contributed by atoms with Gasteiger partial charge < -0.3 is 46.0 Å². The van der Waals surface area contributed by atoms with E-state index in [0.717, 1.165) is 225 Å². The molecule has 0 aromatic heterocycles. The van der Waals surface area contributed by atoms with Crippen LogP contribution in [0.5, 0.6) is 0 Å². The molecule has 6 atom stereocenters. The van der Waals surface area contributed by atoms with E-state index in [1.165, 1.54) is 0 Å². The van der Waals surface area contributed by atoms with E-state index in [9.17, 15) is 46.0 Å². The normalized spacial score (nSPS) is 15.2. The zero-order valence-electron chi connectivity index (χ0n) is 85.6. The van der Waals surface area contributed by atoms with Crippen molar-refractivity contribution in [2.24, 2.45) is 62.7 Å². The van der Waals surface area contributed by atoms with Crippen molar-refractivity contribution in [2.75, 3.05) is 40.8 Å². The first kappa shape index (κ1) is 171. The van der Waals surface area contributed by atoms with Crippen molar-refractivity contribution in [3.63, 3.8) is 0 Å². The first-order chi connectivity index (χ1) is 51.0. The molecule has 0 amide bonds. The van der Waals surface area contributed by atoms with Crippen LogP contribution >= 0.6 is 0 Å². The van der Waals surface area contributed by atoms with E-state index < -0.39 is 50.4 Å². The SMILES string of the molecule is CCCC(C)(O)C(C)=NC.CCCC(C)(O)C(C)=NC(C)C.CCCC(C)(O)C(C)=NCC.CCCC(O)(C(C)=NC(C)C)C(C)C.CCCC(O)(C(C)=NC)C(C)C.CCCC(O)(C(C)=NCC)C(C)C.CCCC(O)(CCC)C(C)=NC.CCCC(O)(CCC)C(C)=NC(C)C.CCCC(O)(CCC)C(C)=NCC.[Pm].[Pm].[Pm].[Pm].[Pm].[Pm].[Pm].[Pm].[Pm]. The third-order valence-electron chi connectivity index (χ3n) is 20.7. The molecule has 9 N–H and O–H groups in total. The monoisotopic (exact) mass is 2890 g/mol. The van der Waals surface area contributed by atoms with E-state index in [0.29, 0.717) is 0 Å². The molecule has 0 bridgehead atoms. The molecular formula is C93H195N9O9Pm9. The predicted molar refractivity (Wildman–Crippen MR) is 498 cm³/mol. The Morgan fingerprint density at radius 3 is 0.625 bits per heavy atom. The first-order valence-corrected chi connectivity index (χ1v) is 44.0. The van der Waals surface area contributed by atoms with Crippen LogP contribution in [0.1, 0.15) is 424 Å². The van der Waals surface area contributed by atoms with Gasteiger partial charge in [0.25, 0.3) is 0 Å². The number of aliphatic imine (C=N–C) groups is 9. The summed E-state index contributed by atoms with van der Waals surface area (Å²) in [6.45, 7) is 80.4. The molecule has 27 heteroatoms. The van der Waals surface area contributed by atoms with Gasteiger partial charge in [-0.1, -0.05) is 202 Å². The molecule has 0 saturated heterocycles. The Hall–Kier alpha value is 8.71. The first-order valence-electron chi connectivity index (χ1n) is 44.0. The molecule has 0 spiro atoms. The average Bonchev–Trinajstić information content (AvgIpc) is 0.837. The molecule has 0 saturated carbocycles. The number of aliphatic hydroxyl groups is 9. The molecule has 9 radical (unpaired) electrons. The smallest absolute Gasteiger partial charge is 0.104 e. The van der Waals surface area contributed by atoms with Crippen molar-refractivity contribution in [3.8, 4) is 0 Å². The maximum Gasteiger partial charge on any atom is 0.104 e. The van der Waals surface area contributed by atoms with E-state index >= 15 is 0 Å². The van der Waals surface area contributed by atoms with Gasteiger partial charge in [0.15, 0.2) is 0 Å². The minimum atomic E-state index is -0.709. The second-order valence-corrected chi connectivity index (χ2v) is 33.2. The Labute approximate surface area is 1040 Å². The van der Waals surface area contributed by atoms with Crippen LogP contribution < -0.4 is 0 Å². The van der Waals surface area contributed by atoms with Gasteiger partial charge in [0.2, 0.25) is 0 Å². The summed E-state index contributed by atoms with van der Waals surface area (Å²) in [7, 11) is 5.18. The zero-order chi connectivity index (χ0) is 89.6. The second kappa shape index (κ2) is 99.3. The fourth-order valence-corrected chi connectivity index (χ4v) is 13.1. The van der Waals surface area contributed by atoms with Crippen LogP contribution in [0, 0.1) is 381 Å². The van der Waals surface area contributed by atoms with Crippen LogP contribution in [0.4, 0.5) is 0 Å². The summed E-state index contributed by atoms with van der Waals surface area (Å²) in [5.74, 6) is 0.703. The Bertz CT molecular complexity index is 2570. The van der Waals surface area contributed by atoms with Crippen LogP contribution in [-0.4, -0.2) is 207 Å². The van der Waals surface area contributed by atoms with Gasteiger partial charge in [0.1, 0.15) is 33.6 Å². The standard InChI is InChI=1S/2C12H25NO.2C11H23NO.3C10H21NO.C9H19NO.C8H17NO.9Pm/c1-7-8-12(14,9(2)3)11(6)13-10(4)5;1-6-8-12(14,9-7-2)11(5)13-10(3)4;1-6-8-11(13,9(3)4)10(5)12-7-2;1-5-8-11(13,9-6-2)10(4)12-7-3;1-6-7-10(12,8(2)3)9(4)11-5;1-6-7-10(5,12)9(4)11-8(2)3;1-5-7-10(12,8-6-2)9(3)11-4;1-5-7-9(4,11)8(3)10-6-2;1-5-6-8(3,10)7(2)9-4;;;;;;;;;/h9-10,14H,7-8H2,1-6H3;10,14H,6-9H2,1-5H3;9,13H,6-8H2,1-5H3;13H,5-9H2,1-4H3;2*8,12H,6-7H2,1-5H3;12H,5-8H2,1-4H3;11H,5-7H2,1-4H3;10H,5-6H2,1-4H3;;;;;;;;;. The largest absolute Gasteiger partial charge is 0.384 e. The van der Waals surface area contributed by atoms with Crippen molar-refractivity contribution >= 4 is 51.4 Å². The molecule has 0 heterocycles. The molecule has 0 aliphatic rings. The summed E-state index contributed by atoms with van der Waals surface area (Å²) in [6, 6.07) is 0.806. The van der Waals surface area contributed by atoms with E-state index in [-0.39, 0.29) is 399 Å². The Kier molecular flexibility index (Phi) is 142. The summed E-state index contributed by atoms with van der Waals surface area (Å²) in [6.07, 6.45) is 21.7. The molecule has 6 unspecified atom stereocenters. The molecule has 0 aliphatic carbocycles. The van der Waals surface area contributed by atoms with E-state index in [4.69, 9.17) is 0 Å². The Balaban J connectivity index is -0.0000000605. The fourth-order valence-electron chi connectivity index (χ4n) is 13.1. The van der Waals surface area contributed by atoms with Crippen LogP contribution in [0.2, 0.25) is 0 Å². The van der Waals surface area contributed by atoms with Crippen molar-refractivity contribution in [2.45, 2.75) is 493 Å². The zero-order valence-corrected chi connectivity index (χ0v) is 111. The van der Waals surface area contributed by atoms with Crippen molar-refractivity contribution < 1.29 is 409 Å². The minimum Gasteiger partial charge on any atom is -0.384 e. The van der Waals surface area contributed by atoms with Gasteiger partial charge in [-0.25, -0.2) is 0 Å². The summed E-state index contributed by atoms with van der Waals surface area (Å²) in [4.78, 5) is 38.1. The maximum atomic E-state index is 10.5. The second-order valence-electron chi connectivity index (χ2n) is 33.2. The summed E-state index contributed by atoms with van der Waals surface area (Å²) in [5.41, 5.74) is 1.67. The molecule has 0 aliphatic heterocycles. The summed E-state index contributed by atoms with van der Waals surface area (Å²) in [5, 5.41) is 91.2. The molecule has 0 rings (SSSR count). The van der Waals surface area contributed by atoms with Crippen LogP contribution in [0.25, 0.3) is 0 Å². The van der Waals surface area contributed by atoms with Crippen LogP contribution in [-0.2, 0) is 0 Å². The number of hydrogen-bond acceptors (Lipinski definition) is 18. The van der Waals surface area contributed by atoms with Gasteiger partial charge in [-0.3, -0.25) is 44.9 Å². The van der Waals surface area contributed by atoms with Gasteiger partial charge in [-0.2, -0.15) is 0 Å². The van der Waals surface area contributed by atoms with Gasteiger partial charge in [0, 0.05) is 474 Å². The maximum absolute atomic E-state index is 10.5. The minimum absolute atomic E-state index is 0. The number of rotatable bonds is 42.